The standard InChI is InChI=1S/C23H23F8N3O/c24-15-11-19(33(12-15)8-1-7-32)20(35)34-9-6-17-16-4-3-14(10-13(16)2-5-18(17)34)21(25,22(26,27)28)23(29,30)31/h3-4,10,15,17-19H,1-2,5-6,8-9,11-12H2/t15?,17?,18-,19?/m1/s1. The van der Waals surface area contributed by atoms with Crippen molar-refractivity contribution < 1.29 is 39.9 Å². The Morgan fingerprint density at radius 1 is 1.09 bits per heavy atom. The second kappa shape index (κ2) is 8.91. The van der Waals surface area contributed by atoms with Gasteiger partial charge in [-0.3, -0.25) is 9.69 Å². The van der Waals surface area contributed by atoms with Crippen LogP contribution in [0.1, 0.15) is 48.3 Å². The number of benzene rings is 1. The number of carbonyl (C=O) groups is 1. The minimum atomic E-state index is -6.18. The highest BCUT2D eigenvalue weighted by Crippen LogP contribution is 2.54. The van der Waals surface area contributed by atoms with Crippen LogP contribution in [0.15, 0.2) is 18.2 Å². The molecule has 12 heteroatoms. The molecule has 1 aromatic carbocycles. The number of rotatable bonds is 4. The van der Waals surface area contributed by atoms with Gasteiger partial charge in [-0.1, -0.05) is 18.2 Å². The van der Waals surface area contributed by atoms with Crippen molar-refractivity contribution in [3.63, 3.8) is 0 Å². The Hall–Kier alpha value is -2.42. The van der Waals surface area contributed by atoms with E-state index < -0.39 is 35.8 Å². The van der Waals surface area contributed by atoms with Crippen molar-refractivity contribution in [1.82, 2.24) is 9.80 Å². The summed E-state index contributed by atoms with van der Waals surface area (Å²) in [7, 11) is 0. The van der Waals surface area contributed by atoms with Gasteiger partial charge in [-0.15, -0.1) is 0 Å². The Kier molecular flexibility index (Phi) is 6.53. The monoisotopic (exact) mass is 509 g/mol. The highest BCUT2D eigenvalue weighted by atomic mass is 19.4. The van der Waals surface area contributed by atoms with Crippen LogP contribution in [0.25, 0.3) is 0 Å². The van der Waals surface area contributed by atoms with Crippen molar-refractivity contribution in [2.75, 3.05) is 19.6 Å². The molecule has 3 unspecified atom stereocenters. The molecule has 4 rings (SSSR count). The smallest absolute Gasteiger partial charge is 0.338 e. The molecule has 0 spiro atoms. The van der Waals surface area contributed by atoms with E-state index in [1.807, 2.05) is 6.07 Å². The Morgan fingerprint density at radius 2 is 1.77 bits per heavy atom. The fourth-order valence-electron chi connectivity index (χ4n) is 5.77. The number of amides is 1. The van der Waals surface area contributed by atoms with Crippen LogP contribution in [-0.2, 0) is 16.9 Å². The Labute approximate surface area is 196 Å². The highest BCUT2D eigenvalue weighted by Gasteiger charge is 2.73. The predicted molar refractivity (Wildman–Crippen MR) is 108 cm³/mol. The van der Waals surface area contributed by atoms with Gasteiger partial charge in [-0.25, -0.2) is 8.78 Å². The van der Waals surface area contributed by atoms with E-state index in [-0.39, 0.29) is 62.2 Å². The maximum absolute atomic E-state index is 14.5. The minimum Gasteiger partial charge on any atom is -0.338 e. The van der Waals surface area contributed by atoms with E-state index in [1.54, 1.807) is 9.80 Å². The molecule has 0 radical (unpaired) electrons. The Bertz CT molecular complexity index is 1000. The van der Waals surface area contributed by atoms with Gasteiger partial charge in [0, 0.05) is 50.0 Å². The van der Waals surface area contributed by atoms with Crippen molar-refractivity contribution in [3.05, 3.63) is 34.9 Å². The molecule has 0 saturated carbocycles. The summed E-state index contributed by atoms with van der Waals surface area (Å²) in [5.74, 6) is -0.606. The lowest BCUT2D eigenvalue weighted by Gasteiger charge is -2.37. The molecule has 4 nitrogen and oxygen atoms in total. The van der Waals surface area contributed by atoms with Gasteiger partial charge in [-0.05, 0) is 30.4 Å². The first-order valence-corrected chi connectivity index (χ1v) is 11.3. The van der Waals surface area contributed by atoms with Crippen molar-refractivity contribution in [2.24, 2.45) is 0 Å². The lowest BCUT2D eigenvalue weighted by Crippen LogP contribution is -2.50. The number of alkyl halides is 8. The van der Waals surface area contributed by atoms with Crippen LogP contribution < -0.4 is 0 Å². The summed E-state index contributed by atoms with van der Waals surface area (Å²) in [6, 6.07) is 3.20. The van der Waals surface area contributed by atoms with Crippen molar-refractivity contribution >= 4 is 5.91 Å². The third-order valence-electron chi connectivity index (χ3n) is 7.41. The molecule has 1 amide bonds. The topological polar surface area (TPSA) is 47.3 Å². The van der Waals surface area contributed by atoms with Crippen LogP contribution in [0.2, 0.25) is 0 Å². The minimum absolute atomic E-state index is 0.00552. The number of likely N-dealkylation sites (tertiary alicyclic amines) is 2. The zero-order valence-electron chi connectivity index (χ0n) is 18.5. The molecule has 1 aliphatic carbocycles. The van der Waals surface area contributed by atoms with Crippen molar-refractivity contribution in [3.8, 4) is 6.07 Å². The average molecular weight is 509 g/mol. The van der Waals surface area contributed by atoms with Gasteiger partial charge < -0.3 is 4.90 Å². The molecular weight excluding hydrogens is 486 g/mol. The SMILES string of the molecule is N#CCCN1CC(F)CC1C(=O)N1CCC2c3ccc(C(F)(C(F)(F)F)C(F)(F)F)cc3CC[C@H]21. The predicted octanol–water partition coefficient (Wildman–Crippen LogP) is 4.93. The molecule has 3 aliphatic rings. The Morgan fingerprint density at radius 3 is 2.40 bits per heavy atom. The number of carbonyl (C=O) groups excluding carboxylic acids is 1. The first-order chi connectivity index (χ1) is 16.3. The first kappa shape index (κ1) is 25.7. The third kappa shape index (κ3) is 4.26. The number of nitrogens with zero attached hydrogens (tertiary/aromatic N) is 3. The summed E-state index contributed by atoms with van der Waals surface area (Å²) in [4.78, 5) is 16.5. The van der Waals surface area contributed by atoms with Gasteiger partial charge in [0.2, 0.25) is 5.91 Å². The summed E-state index contributed by atoms with van der Waals surface area (Å²) >= 11 is 0. The summed E-state index contributed by atoms with van der Waals surface area (Å²) in [6.07, 6.45) is -12.6. The van der Waals surface area contributed by atoms with Crippen LogP contribution in [0.5, 0.6) is 0 Å². The summed E-state index contributed by atoms with van der Waals surface area (Å²) in [5, 5.41) is 8.82. The van der Waals surface area contributed by atoms with E-state index in [2.05, 4.69) is 0 Å². The van der Waals surface area contributed by atoms with Crippen LogP contribution in [0, 0.1) is 11.3 Å². The van der Waals surface area contributed by atoms with E-state index in [9.17, 15) is 39.9 Å². The number of hydrogen-bond donors (Lipinski definition) is 0. The molecule has 35 heavy (non-hydrogen) atoms. The van der Waals surface area contributed by atoms with Crippen LogP contribution >= 0.6 is 0 Å². The molecule has 0 aromatic heterocycles. The molecule has 2 aliphatic heterocycles. The molecule has 2 fully saturated rings. The van der Waals surface area contributed by atoms with Crippen LogP contribution in [0.4, 0.5) is 35.1 Å². The van der Waals surface area contributed by atoms with E-state index in [0.29, 0.717) is 30.7 Å². The molecular formula is C23H23F8N3O. The molecule has 2 heterocycles. The molecule has 0 N–H and O–H groups in total. The molecule has 0 bridgehead atoms. The number of aryl methyl sites for hydroxylation is 1. The number of halogens is 8. The largest absolute Gasteiger partial charge is 0.435 e. The maximum atomic E-state index is 14.5. The zero-order valence-corrected chi connectivity index (χ0v) is 18.5. The van der Waals surface area contributed by atoms with E-state index in [4.69, 9.17) is 5.26 Å². The fourth-order valence-corrected chi connectivity index (χ4v) is 5.77. The van der Waals surface area contributed by atoms with Crippen molar-refractivity contribution in [2.45, 2.75) is 74.3 Å². The molecule has 1 aromatic rings. The first-order valence-electron chi connectivity index (χ1n) is 11.3. The Balaban J connectivity index is 1.58. The maximum Gasteiger partial charge on any atom is 0.435 e. The number of hydrogen-bond acceptors (Lipinski definition) is 3. The lowest BCUT2D eigenvalue weighted by atomic mass is 9.77. The van der Waals surface area contributed by atoms with Gasteiger partial charge in [0.05, 0.1) is 12.1 Å². The molecule has 4 atom stereocenters. The average Bonchev–Trinajstić information content (AvgIpc) is 3.38. The summed E-state index contributed by atoms with van der Waals surface area (Å²) in [5.41, 5.74) is -6.28. The third-order valence-corrected chi connectivity index (χ3v) is 7.41. The van der Waals surface area contributed by atoms with Crippen molar-refractivity contribution in [1.29, 1.82) is 5.26 Å². The quantitative estimate of drug-likeness (QED) is 0.541. The fraction of sp³-hybridized carbons (Fsp3) is 0.652. The summed E-state index contributed by atoms with van der Waals surface area (Å²) < 4.78 is 108. The van der Waals surface area contributed by atoms with Gasteiger partial charge >= 0.3 is 18.0 Å². The molecule has 192 valence electrons. The van der Waals surface area contributed by atoms with E-state index in [0.717, 1.165) is 6.07 Å². The van der Waals surface area contributed by atoms with E-state index >= 15 is 0 Å². The normalized spacial score (nSPS) is 27.5. The lowest BCUT2D eigenvalue weighted by molar-refractivity contribution is -0.348. The van der Waals surface area contributed by atoms with Gasteiger partial charge in [0.15, 0.2) is 0 Å². The van der Waals surface area contributed by atoms with Gasteiger partial charge in [0.1, 0.15) is 6.17 Å². The van der Waals surface area contributed by atoms with Crippen LogP contribution in [-0.4, -0.2) is 65.9 Å². The van der Waals surface area contributed by atoms with Gasteiger partial charge in [0.25, 0.3) is 0 Å². The zero-order chi connectivity index (χ0) is 25.8. The van der Waals surface area contributed by atoms with E-state index in [1.165, 1.54) is 0 Å². The number of fused-ring (bicyclic) bond motifs is 3. The molecule has 2 saturated heterocycles. The summed E-state index contributed by atoms with van der Waals surface area (Å²) in [6.45, 7) is 0.617. The highest BCUT2D eigenvalue weighted by molar-refractivity contribution is 5.83. The van der Waals surface area contributed by atoms with Crippen LogP contribution in [0.3, 0.4) is 0 Å². The van der Waals surface area contributed by atoms with Gasteiger partial charge in [-0.2, -0.15) is 31.6 Å². The second-order valence-electron chi connectivity index (χ2n) is 9.35. The second-order valence-corrected chi connectivity index (χ2v) is 9.35. The number of nitriles is 1.